The van der Waals surface area contributed by atoms with Crippen LogP contribution in [0.3, 0.4) is 0 Å². The quantitative estimate of drug-likeness (QED) is 0.656. The van der Waals surface area contributed by atoms with Crippen LogP contribution in [0, 0.1) is 0 Å². The zero-order valence-electron chi connectivity index (χ0n) is 16.7. The van der Waals surface area contributed by atoms with Gasteiger partial charge in [0.05, 0.1) is 19.3 Å². The summed E-state index contributed by atoms with van der Waals surface area (Å²) in [5.41, 5.74) is 2.16. The van der Waals surface area contributed by atoms with Crippen LogP contribution in [-0.2, 0) is 11.3 Å². The number of nitrogens with one attached hydrogen (secondary N) is 1. The largest absolute Gasteiger partial charge is 0.379 e. The maximum absolute atomic E-state index is 5.45. The molecule has 0 amide bonds. The summed E-state index contributed by atoms with van der Waals surface area (Å²) in [5, 5.41) is 12.1. The number of ether oxygens (including phenoxy) is 1. The van der Waals surface area contributed by atoms with E-state index in [1.165, 1.54) is 5.56 Å². The molecule has 2 fully saturated rings. The normalized spacial score (nSPS) is 20.1. The number of nitrogens with zero attached hydrogens (tertiary/aromatic N) is 6. The second kappa shape index (κ2) is 9.65. The molecule has 5 rings (SSSR count). The summed E-state index contributed by atoms with van der Waals surface area (Å²) < 4.78 is 12.8. The van der Waals surface area contributed by atoms with E-state index in [1.54, 1.807) is 6.33 Å². The van der Waals surface area contributed by atoms with Gasteiger partial charge in [0.15, 0.2) is 0 Å². The van der Waals surface area contributed by atoms with Crippen LogP contribution in [0.5, 0.6) is 0 Å². The molecule has 1 aromatic carbocycles. The van der Waals surface area contributed by atoms with Crippen LogP contribution < -0.4 is 5.32 Å². The Kier molecular flexibility index (Phi) is 6.73. The van der Waals surface area contributed by atoms with Crippen molar-refractivity contribution in [1.29, 1.82) is 0 Å². The summed E-state index contributed by atoms with van der Waals surface area (Å²) in [7, 11) is 0. The van der Waals surface area contributed by atoms with Gasteiger partial charge in [-0.1, -0.05) is 23.4 Å². The molecule has 2 aliphatic heterocycles. The molecule has 1 unspecified atom stereocenters. The molecular formula is C20H26ClN7O2. The first-order valence-corrected chi connectivity index (χ1v) is 10.2. The summed E-state index contributed by atoms with van der Waals surface area (Å²) in [5.74, 6) is 1.37. The smallest absolute Gasteiger partial charge is 0.297 e. The third kappa shape index (κ3) is 4.70. The number of rotatable bonds is 5. The summed E-state index contributed by atoms with van der Waals surface area (Å²) >= 11 is 0. The molecule has 1 atom stereocenters. The van der Waals surface area contributed by atoms with Crippen molar-refractivity contribution in [3.8, 4) is 23.1 Å². The lowest BCUT2D eigenvalue weighted by atomic mass is 10.1. The van der Waals surface area contributed by atoms with Crippen molar-refractivity contribution >= 4 is 12.4 Å². The van der Waals surface area contributed by atoms with Gasteiger partial charge < -0.3 is 14.6 Å². The SMILES string of the molecule is Cl.c1cc(CN2CCOCC2)cc(-c2noc(-c3ncn(C4CCCNC4)n3)n2)c1. The van der Waals surface area contributed by atoms with E-state index in [0.717, 1.165) is 64.3 Å². The number of piperidine rings is 1. The van der Waals surface area contributed by atoms with Gasteiger partial charge in [-0.2, -0.15) is 4.98 Å². The Morgan fingerprint density at radius 1 is 1.17 bits per heavy atom. The van der Waals surface area contributed by atoms with Crippen molar-refractivity contribution in [2.75, 3.05) is 39.4 Å². The van der Waals surface area contributed by atoms with Gasteiger partial charge in [0.25, 0.3) is 5.89 Å². The molecule has 0 radical (unpaired) electrons. The number of hydrogen-bond acceptors (Lipinski definition) is 8. The highest BCUT2D eigenvalue weighted by molar-refractivity contribution is 5.85. The Hall–Kier alpha value is -2.33. The van der Waals surface area contributed by atoms with Gasteiger partial charge in [0.1, 0.15) is 6.33 Å². The minimum atomic E-state index is 0. The highest BCUT2D eigenvalue weighted by Gasteiger charge is 2.20. The maximum atomic E-state index is 5.45. The molecule has 0 saturated carbocycles. The molecule has 2 saturated heterocycles. The minimum absolute atomic E-state index is 0. The van der Waals surface area contributed by atoms with E-state index in [4.69, 9.17) is 9.26 Å². The van der Waals surface area contributed by atoms with E-state index >= 15 is 0 Å². The third-order valence-electron chi connectivity index (χ3n) is 5.47. The molecule has 2 aromatic heterocycles. The van der Waals surface area contributed by atoms with Gasteiger partial charge >= 0.3 is 0 Å². The molecule has 0 spiro atoms. The van der Waals surface area contributed by atoms with Crippen LogP contribution in [0.4, 0.5) is 0 Å². The molecule has 2 aliphatic rings. The monoisotopic (exact) mass is 431 g/mol. The van der Waals surface area contributed by atoms with Gasteiger partial charge in [-0.05, 0) is 31.0 Å². The number of hydrogen-bond donors (Lipinski definition) is 1. The van der Waals surface area contributed by atoms with Gasteiger partial charge in [-0.3, -0.25) is 4.90 Å². The maximum Gasteiger partial charge on any atom is 0.297 e. The van der Waals surface area contributed by atoms with Crippen molar-refractivity contribution in [2.24, 2.45) is 0 Å². The summed E-state index contributed by atoms with van der Waals surface area (Å²) in [6, 6.07) is 8.59. The van der Waals surface area contributed by atoms with Crippen molar-refractivity contribution in [1.82, 2.24) is 35.1 Å². The van der Waals surface area contributed by atoms with Crippen LogP contribution in [0.1, 0.15) is 24.4 Å². The molecule has 9 nitrogen and oxygen atoms in total. The van der Waals surface area contributed by atoms with E-state index in [0.29, 0.717) is 23.6 Å². The first-order chi connectivity index (χ1) is 14.3. The summed E-state index contributed by atoms with van der Waals surface area (Å²) in [6.45, 7) is 6.38. The van der Waals surface area contributed by atoms with Crippen LogP contribution >= 0.6 is 12.4 Å². The zero-order chi connectivity index (χ0) is 19.5. The van der Waals surface area contributed by atoms with E-state index in [9.17, 15) is 0 Å². The molecule has 30 heavy (non-hydrogen) atoms. The van der Waals surface area contributed by atoms with Gasteiger partial charge in [0.2, 0.25) is 11.6 Å². The Morgan fingerprint density at radius 2 is 2.07 bits per heavy atom. The van der Waals surface area contributed by atoms with Crippen LogP contribution in [-0.4, -0.2) is 69.2 Å². The van der Waals surface area contributed by atoms with Gasteiger partial charge in [-0.15, -0.1) is 17.5 Å². The lowest BCUT2D eigenvalue weighted by Crippen LogP contribution is -2.35. The fraction of sp³-hybridized carbons (Fsp3) is 0.500. The van der Waals surface area contributed by atoms with E-state index in [1.807, 2.05) is 16.8 Å². The van der Waals surface area contributed by atoms with Gasteiger partial charge in [0, 0.05) is 31.7 Å². The minimum Gasteiger partial charge on any atom is -0.379 e. The molecular weight excluding hydrogens is 406 g/mol. The topological polar surface area (TPSA) is 94.1 Å². The molecule has 4 heterocycles. The molecule has 1 N–H and O–H groups in total. The van der Waals surface area contributed by atoms with E-state index in [-0.39, 0.29) is 12.4 Å². The zero-order valence-corrected chi connectivity index (χ0v) is 17.6. The Balaban J connectivity index is 0.00000218. The van der Waals surface area contributed by atoms with Crippen LogP contribution in [0.15, 0.2) is 35.1 Å². The second-order valence-corrected chi connectivity index (χ2v) is 7.56. The molecule has 160 valence electrons. The number of benzene rings is 1. The highest BCUT2D eigenvalue weighted by Crippen LogP contribution is 2.23. The van der Waals surface area contributed by atoms with Crippen LogP contribution in [0.2, 0.25) is 0 Å². The molecule has 3 aromatic rings. The highest BCUT2D eigenvalue weighted by atomic mass is 35.5. The van der Waals surface area contributed by atoms with Crippen molar-refractivity contribution in [3.63, 3.8) is 0 Å². The molecule has 10 heteroatoms. The number of halogens is 1. The molecule has 0 aliphatic carbocycles. The lowest BCUT2D eigenvalue weighted by Gasteiger charge is -2.26. The average Bonchev–Trinajstić information content (AvgIpc) is 3.45. The number of aromatic nitrogens is 5. The predicted octanol–water partition coefficient (Wildman–Crippen LogP) is 2.17. The Bertz CT molecular complexity index is 948. The van der Waals surface area contributed by atoms with Crippen molar-refractivity contribution in [2.45, 2.75) is 25.4 Å². The number of morpholine rings is 1. The third-order valence-corrected chi connectivity index (χ3v) is 5.47. The summed E-state index contributed by atoms with van der Waals surface area (Å²) in [6.07, 6.45) is 3.99. The Morgan fingerprint density at radius 3 is 2.90 bits per heavy atom. The Labute approximate surface area is 181 Å². The second-order valence-electron chi connectivity index (χ2n) is 7.56. The van der Waals surface area contributed by atoms with E-state index < -0.39 is 0 Å². The standard InChI is InChI=1S/C20H25N7O2.ClH/c1-3-15(13-26-7-9-28-10-8-26)11-16(4-1)18-23-20(29-25-18)19-22-14-27(24-19)17-5-2-6-21-12-17;/h1,3-4,11,14,17,21H,2,5-10,12-13H2;1H. The first kappa shape index (κ1) is 20.9. The average molecular weight is 432 g/mol. The fourth-order valence-corrected chi connectivity index (χ4v) is 3.87. The predicted molar refractivity (Wildman–Crippen MR) is 113 cm³/mol. The fourth-order valence-electron chi connectivity index (χ4n) is 3.87. The summed E-state index contributed by atoms with van der Waals surface area (Å²) in [4.78, 5) is 11.3. The first-order valence-electron chi connectivity index (χ1n) is 10.2. The van der Waals surface area contributed by atoms with Crippen molar-refractivity contribution in [3.05, 3.63) is 36.2 Å². The lowest BCUT2D eigenvalue weighted by molar-refractivity contribution is 0.0342. The molecule has 0 bridgehead atoms. The van der Waals surface area contributed by atoms with E-state index in [2.05, 4.69) is 42.6 Å². The van der Waals surface area contributed by atoms with Gasteiger partial charge in [-0.25, -0.2) is 9.67 Å². The van der Waals surface area contributed by atoms with Crippen molar-refractivity contribution < 1.29 is 9.26 Å². The van der Waals surface area contributed by atoms with Crippen LogP contribution in [0.25, 0.3) is 23.1 Å².